The highest BCUT2D eigenvalue weighted by Gasteiger charge is 2.32. The van der Waals surface area contributed by atoms with E-state index in [0.717, 1.165) is 5.56 Å². The second-order valence-electron chi connectivity index (χ2n) is 5.89. The summed E-state index contributed by atoms with van der Waals surface area (Å²) in [5.74, 6) is -0.405. The van der Waals surface area contributed by atoms with E-state index < -0.39 is 23.9 Å². The standard InChI is InChI=1S/C19H20FNO3/c1-2-16(18(22)13-8-3-5-9-15(13)20)21-19(23)14-11-24-17-10-6-4-7-12(14)17/h3-10,14,16,18,22H,2,11H2,1H3,(H,21,23)/t14-,16-,18-/m0/s1. The highest BCUT2D eigenvalue weighted by Crippen LogP contribution is 2.34. The molecule has 3 rings (SSSR count). The van der Waals surface area contributed by atoms with Crippen LogP contribution in [0.5, 0.6) is 5.75 Å². The molecule has 24 heavy (non-hydrogen) atoms. The van der Waals surface area contributed by atoms with Crippen molar-refractivity contribution in [3.8, 4) is 5.75 Å². The zero-order chi connectivity index (χ0) is 17.1. The number of para-hydroxylation sites is 1. The number of carbonyl (C=O) groups excluding carboxylic acids is 1. The number of hydrogen-bond donors (Lipinski definition) is 2. The van der Waals surface area contributed by atoms with Gasteiger partial charge >= 0.3 is 0 Å². The Morgan fingerprint density at radius 2 is 2.00 bits per heavy atom. The van der Waals surface area contributed by atoms with Crippen molar-refractivity contribution in [2.75, 3.05) is 6.61 Å². The summed E-state index contributed by atoms with van der Waals surface area (Å²) in [4.78, 5) is 12.6. The average molecular weight is 329 g/mol. The number of nitrogens with one attached hydrogen (secondary N) is 1. The molecular weight excluding hydrogens is 309 g/mol. The molecule has 0 unspecified atom stereocenters. The molecule has 0 radical (unpaired) electrons. The summed E-state index contributed by atoms with van der Waals surface area (Å²) in [7, 11) is 0. The lowest BCUT2D eigenvalue weighted by Gasteiger charge is -2.25. The molecule has 5 heteroatoms. The topological polar surface area (TPSA) is 58.6 Å². The highest BCUT2D eigenvalue weighted by molar-refractivity contribution is 5.85. The largest absolute Gasteiger partial charge is 0.492 e. The second-order valence-corrected chi connectivity index (χ2v) is 5.89. The quantitative estimate of drug-likeness (QED) is 0.887. The molecule has 0 spiro atoms. The van der Waals surface area contributed by atoms with Crippen molar-refractivity contribution in [3.63, 3.8) is 0 Å². The molecule has 4 nitrogen and oxygen atoms in total. The Balaban J connectivity index is 1.74. The number of rotatable bonds is 5. The van der Waals surface area contributed by atoms with Crippen molar-refractivity contribution in [2.24, 2.45) is 0 Å². The zero-order valence-electron chi connectivity index (χ0n) is 13.4. The first-order valence-electron chi connectivity index (χ1n) is 8.06. The van der Waals surface area contributed by atoms with Crippen LogP contribution in [0.25, 0.3) is 0 Å². The number of fused-ring (bicyclic) bond motifs is 1. The maximum Gasteiger partial charge on any atom is 0.231 e. The molecule has 126 valence electrons. The number of aliphatic hydroxyl groups excluding tert-OH is 1. The van der Waals surface area contributed by atoms with Crippen molar-refractivity contribution in [2.45, 2.75) is 31.4 Å². The molecule has 0 saturated heterocycles. The van der Waals surface area contributed by atoms with E-state index >= 15 is 0 Å². The Hall–Kier alpha value is -2.40. The van der Waals surface area contributed by atoms with Crippen molar-refractivity contribution < 1.29 is 19.0 Å². The molecule has 2 N–H and O–H groups in total. The van der Waals surface area contributed by atoms with Gasteiger partial charge in [0.15, 0.2) is 0 Å². The summed E-state index contributed by atoms with van der Waals surface area (Å²) in [6.45, 7) is 2.12. The van der Waals surface area contributed by atoms with Gasteiger partial charge in [-0.15, -0.1) is 0 Å². The van der Waals surface area contributed by atoms with Crippen molar-refractivity contribution in [1.82, 2.24) is 5.32 Å². The van der Waals surface area contributed by atoms with Gasteiger partial charge in [-0.3, -0.25) is 4.79 Å². The lowest BCUT2D eigenvalue weighted by molar-refractivity contribution is -0.124. The number of halogens is 1. The van der Waals surface area contributed by atoms with Crippen LogP contribution in [0.3, 0.4) is 0 Å². The number of carbonyl (C=O) groups is 1. The predicted octanol–water partition coefficient (Wildman–Crippen LogP) is 2.93. The van der Waals surface area contributed by atoms with Crippen molar-refractivity contribution >= 4 is 5.91 Å². The monoisotopic (exact) mass is 329 g/mol. The zero-order valence-corrected chi connectivity index (χ0v) is 13.4. The van der Waals surface area contributed by atoms with Crippen LogP contribution < -0.4 is 10.1 Å². The first-order chi connectivity index (χ1) is 11.6. The average Bonchev–Trinajstić information content (AvgIpc) is 3.03. The van der Waals surface area contributed by atoms with Gasteiger partial charge in [0.25, 0.3) is 0 Å². The minimum absolute atomic E-state index is 0.188. The number of aliphatic hydroxyl groups is 1. The summed E-state index contributed by atoms with van der Waals surface area (Å²) in [6.07, 6.45) is -0.617. The van der Waals surface area contributed by atoms with Crippen LogP contribution in [0.15, 0.2) is 48.5 Å². The fourth-order valence-electron chi connectivity index (χ4n) is 3.00. The van der Waals surface area contributed by atoms with E-state index in [1.54, 1.807) is 12.1 Å². The number of hydrogen-bond acceptors (Lipinski definition) is 3. The van der Waals surface area contributed by atoms with Gasteiger partial charge < -0.3 is 15.2 Å². The minimum Gasteiger partial charge on any atom is -0.492 e. The third-order valence-corrected chi connectivity index (χ3v) is 4.39. The fourth-order valence-corrected chi connectivity index (χ4v) is 3.00. The molecule has 0 fully saturated rings. The van der Waals surface area contributed by atoms with Gasteiger partial charge in [-0.1, -0.05) is 43.3 Å². The van der Waals surface area contributed by atoms with E-state index in [-0.39, 0.29) is 18.1 Å². The molecule has 1 amide bonds. The van der Waals surface area contributed by atoms with Crippen LogP contribution in [-0.2, 0) is 4.79 Å². The molecule has 2 aromatic carbocycles. The van der Waals surface area contributed by atoms with Crippen LogP contribution in [-0.4, -0.2) is 23.7 Å². The maximum atomic E-state index is 13.9. The summed E-state index contributed by atoms with van der Waals surface area (Å²) in [5, 5.41) is 13.3. The van der Waals surface area contributed by atoms with Crippen LogP contribution in [0.2, 0.25) is 0 Å². The van der Waals surface area contributed by atoms with Gasteiger partial charge in [0.05, 0.1) is 6.04 Å². The normalized spacial score (nSPS) is 18.4. The predicted molar refractivity (Wildman–Crippen MR) is 88.3 cm³/mol. The Morgan fingerprint density at radius 3 is 2.75 bits per heavy atom. The fraction of sp³-hybridized carbons (Fsp3) is 0.316. The molecule has 0 aromatic heterocycles. The van der Waals surface area contributed by atoms with Gasteiger partial charge in [0, 0.05) is 11.1 Å². The van der Waals surface area contributed by atoms with E-state index in [1.807, 2.05) is 31.2 Å². The van der Waals surface area contributed by atoms with Crippen LogP contribution >= 0.6 is 0 Å². The molecule has 0 saturated carbocycles. The molecular formula is C19H20FNO3. The summed E-state index contributed by atoms with van der Waals surface area (Å²) < 4.78 is 19.4. The Morgan fingerprint density at radius 1 is 1.29 bits per heavy atom. The highest BCUT2D eigenvalue weighted by atomic mass is 19.1. The SMILES string of the molecule is CC[C@H](NC(=O)[C@H]1COc2ccccc21)[C@@H](O)c1ccccc1F. The minimum atomic E-state index is -1.10. The van der Waals surface area contributed by atoms with Crippen LogP contribution in [0, 0.1) is 5.82 Å². The van der Waals surface area contributed by atoms with E-state index in [0.29, 0.717) is 12.2 Å². The first-order valence-corrected chi connectivity index (χ1v) is 8.06. The summed E-state index contributed by atoms with van der Waals surface area (Å²) >= 11 is 0. The molecule has 1 heterocycles. The maximum absolute atomic E-state index is 13.9. The Bertz CT molecular complexity index is 734. The van der Waals surface area contributed by atoms with Gasteiger partial charge in [-0.2, -0.15) is 0 Å². The van der Waals surface area contributed by atoms with E-state index in [9.17, 15) is 14.3 Å². The molecule has 3 atom stereocenters. The number of ether oxygens (including phenoxy) is 1. The lowest BCUT2D eigenvalue weighted by Crippen LogP contribution is -2.42. The smallest absolute Gasteiger partial charge is 0.231 e. The van der Waals surface area contributed by atoms with E-state index in [1.165, 1.54) is 12.1 Å². The number of amides is 1. The van der Waals surface area contributed by atoms with E-state index in [2.05, 4.69) is 5.32 Å². The van der Waals surface area contributed by atoms with Crippen molar-refractivity contribution in [3.05, 3.63) is 65.5 Å². The third kappa shape index (κ3) is 3.12. The van der Waals surface area contributed by atoms with Crippen LogP contribution in [0.4, 0.5) is 4.39 Å². The van der Waals surface area contributed by atoms with Gasteiger partial charge in [-0.05, 0) is 18.6 Å². The number of benzene rings is 2. The second kappa shape index (κ2) is 7.01. The first kappa shape index (κ1) is 16.5. The summed E-state index contributed by atoms with van der Waals surface area (Å²) in [6, 6.07) is 12.9. The summed E-state index contributed by atoms with van der Waals surface area (Å²) in [5.41, 5.74) is 1.03. The Labute approximate surface area is 140 Å². The van der Waals surface area contributed by atoms with E-state index in [4.69, 9.17) is 4.74 Å². The van der Waals surface area contributed by atoms with Gasteiger partial charge in [-0.25, -0.2) is 4.39 Å². The van der Waals surface area contributed by atoms with Crippen molar-refractivity contribution in [1.29, 1.82) is 0 Å². The molecule has 1 aliphatic rings. The molecule has 0 aliphatic carbocycles. The van der Waals surface area contributed by atoms with Gasteiger partial charge in [0.1, 0.15) is 30.2 Å². The van der Waals surface area contributed by atoms with Gasteiger partial charge in [0.2, 0.25) is 5.91 Å². The molecule has 1 aliphatic heterocycles. The lowest BCUT2D eigenvalue weighted by atomic mass is 9.96. The molecule has 0 bridgehead atoms. The van der Waals surface area contributed by atoms with Crippen LogP contribution in [0.1, 0.15) is 36.5 Å². The third-order valence-electron chi connectivity index (χ3n) is 4.39. The Kier molecular flexibility index (Phi) is 4.81. The molecule has 2 aromatic rings.